The summed E-state index contributed by atoms with van der Waals surface area (Å²) in [6.45, 7) is 0. The lowest BCUT2D eigenvalue weighted by Crippen LogP contribution is -2.15. The first-order valence-corrected chi connectivity index (χ1v) is 4.77. The fraction of sp³-hybridized carbons (Fsp3) is 0. The van der Waals surface area contributed by atoms with Gasteiger partial charge in [-0.3, -0.25) is 10.4 Å². The fourth-order valence-corrected chi connectivity index (χ4v) is 1.13. The van der Waals surface area contributed by atoms with Crippen LogP contribution in [0.3, 0.4) is 0 Å². The summed E-state index contributed by atoms with van der Waals surface area (Å²) in [6.07, 6.45) is 5.01. The zero-order chi connectivity index (χ0) is 11.2. The highest BCUT2D eigenvalue weighted by Gasteiger charge is 1.96. The van der Waals surface area contributed by atoms with Gasteiger partial charge in [0.2, 0.25) is 0 Å². The molecule has 5 heteroatoms. The van der Waals surface area contributed by atoms with E-state index in [1.54, 1.807) is 30.7 Å². The van der Waals surface area contributed by atoms with Crippen molar-refractivity contribution < 1.29 is 0 Å². The van der Waals surface area contributed by atoms with Crippen molar-refractivity contribution in [3.05, 3.63) is 54.5 Å². The van der Waals surface area contributed by atoms with Crippen LogP contribution in [0.2, 0.25) is 0 Å². The number of nitrogens with zero attached hydrogens (tertiary/aromatic N) is 3. The molecular weight excluding hydrogens is 202 g/mol. The molecule has 0 aromatic carbocycles. The Morgan fingerprint density at radius 1 is 1.12 bits per heavy atom. The Kier molecular flexibility index (Phi) is 3.08. The van der Waals surface area contributed by atoms with E-state index in [4.69, 9.17) is 5.73 Å². The van der Waals surface area contributed by atoms with Gasteiger partial charge in [0, 0.05) is 24.2 Å². The number of hydrogen-bond donors (Lipinski definition) is 2. The number of amidine groups is 1. The molecule has 0 saturated heterocycles. The Balaban J connectivity index is 2.09. The lowest BCUT2D eigenvalue weighted by molar-refractivity contribution is 1.21. The molecular formula is C11H11N5. The molecule has 0 fully saturated rings. The summed E-state index contributed by atoms with van der Waals surface area (Å²) in [5, 5.41) is 4.02. The molecule has 80 valence electrons. The Bertz CT molecular complexity index is 466. The quantitative estimate of drug-likeness (QED) is 0.456. The highest BCUT2D eigenvalue weighted by atomic mass is 15.3. The summed E-state index contributed by atoms with van der Waals surface area (Å²) < 4.78 is 0. The van der Waals surface area contributed by atoms with Crippen LogP contribution in [0, 0.1) is 0 Å². The van der Waals surface area contributed by atoms with Crippen molar-refractivity contribution in [2.45, 2.75) is 0 Å². The number of hydrazone groups is 1. The number of pyridine rings is 2. The third-order valence-electron chi connectivity index (χ3n) is 1.93. The highest BCUT2D eigenvalue weighted by Crippen LogP contribution is 2.01. The Hall–Kier alpha value is -2.43. The lowest BCUT2D eigenvalue weighted by atomic mass is 10.2. The van der Waals surface area contributed by atoms with Gasteiger partial charge in [-0.15, -0.1) is 0 Å². The maximum absolute atomic E-state index is 5.77. The van der Waals surface area contributed by atoms with Gasteiger partial charge in [-0.25, -0.2) is 4.98 Å². The fourth-order valence-electron chi connectivity index (χ4n) is 1.13. The van der Waals surface area contributed by atoms with E-state index in [0.717, 1.165) is 5.56 Å². The summed E-state index contributed by atoms with van der Waals surface area (Å²) in [5.74, 6) is 1.05. The van der Waals surface area contributed by atoms with Crippen LogP contribution in [0.1, 0.15) is 5.56 Å². The van der Waals surface area contributed by atoms with Gasteiger partial charge in [0.1, 0.15) is 5.82 Å². The minimum Gasteiger partial charge on any atom is -0.382 e. The molecule has 0 aliphatic rings. The first-order valence-electron chi connectivity index (χ1n) is 4.77. The molecule has 0 saturated carbocycles. The van der Waals surface area contributed by atoms with E-state index in [0.29, 0.717) is 11.7 Å². The zero-order valence-corrected chi connectivity index (χ0v) is 8.54. The third-order valence-corrected chi connectivity index (χ3v) is 1.93. The topological polar surface area (TPSA) is 76.2 Å². The zero-order valence-electron chi connectivity index (χ0n) is 8.54. The average molecular weight is 213 g/mol. The number of aromatic nitrogens is 2. The van der Waals surface area contributed by atoms with Crippen molar-refractivity contribution in [1.29, 1.82) is 0 Å². The van der Waals surface area contributed by atoms with Crippen molar-refractivity contribution in [2.24, 2.45) is 10.8 Å². The Labute approximate surface area is 93.0 Å². The predicted molar refractivity (Wildman–Crippen MR) is 62.8 cm³/mol. The van der Waals surface area contributed by atoms with Crippen LogP contribution in [-0.4, -0.2) is 15.8 Å². The van der Waals surface area contributed by atoms with Crippen molar-refractivity contribution in [3.8, 4) is 0 Å². The minimum absolute atomic E-state index is 0.396. The van der Waals surface area contributed by atoms with Crippen LogP contribution in [0.4, 0.5) is 5.82 Å². The molecule has 0 amide bonds. The normalized spacial score (nSPS) is 11.1. The van der Waals surface area contributed by atoms with Gasteiger partial charge < -0.3 is 5.73 Å². The second kappa shape index (κ2) is 4.88. The largest absolute Gasteiger partial charge is 0.382 e. The van der Waals surface area contributed by atoms with Gasteiger partial charge in [0.05, 0.1) is 0 Å². The van der Waals surface area contributed by atoms with E-state index in [9.17, 15) is 0 Å². The SMILES string of the molecule is N/C(=N/Nc1ccccn1)c1ccncc1. The maximum atomic E-state index is 5.77. The van der Waals surface area contributed by atoms with Crippen LogP contribution >= 0.6 is 0 Å². The first-order chi connectivity index (χ1) is 7.86. The standard InChI is InChI=1S/C11H11N5/c12-11(9-4-7-13-8-5-9)16-15-10-3-1-2-6-14-10/h1-8H,(H2,12,16)(H,14,15). The van der Waals surface area contributed by atoms with Crippen molar-refractivity contribution in [3.63, 3.8) is 0 Å². The molecule has 2 rings (SSSR count). The van der Waals surface area contributed by atoms with Gasteiger partial charge in [-0.05, 0) is 24.3 Å². The summed E-state index contributed by atoms with van der Waals surface area (Å²) in [7, 11) is 0. The smallest absolute Gasteiger partial charge is 0.151 e. The molecule has 3 N–H and O–H groups in total. The van der Waals surface area contributed by atoms with Gasteiger partial charge >= 0.3 is 0 Å². The second-order valence-electron chi connectivity index (χ2n) is 3.06. The van der Waals surface area contributed by atoms with E-state index in [-0.39, 0.29) is 0 Å². The van der Waals surface area contributed by atoms with Crippen molar-refractivity contribution >= 4 is 11.7 Å². The van der Waals surface area contributed by atoms with Crippen LogP contribution in [0.25, 0.3) is 0 Å². The van der Waals surface area contributed by atoms with E-state index in [1.165, 1.54) is 0 Å². The summed E-state index contributed by atoms with van der Waals surface area (Å²) in [6, 6.07) is 9.09. The maximum Gasteiger partial charge on any atom is 0.151 e. The van der Waals surface area contributed by atoms with Crippen LogP contribution < -0.4 is 11.2 Å². The number of rotatable bonds is 3. The predicted octanol–water partition coefficient (Wildman–Crippen LogP) is 1.21. The molecule has 2 aromatic rings. The second-order valence-corrected chi connectivity index (χ2v) is 3.06. The molecule has 0 atom stereocenters. The molecule has 0 spiro atoms. The molecule has 5 nitrogen and oxygen atoms in total. The van der Waals surface area contributed by atoms with Gasteiger partial charge in [-0.2, -0.15) is 5.10 Å². The van der Waals surface area contributed by atoms with Gasteiger partial charge in [-0.1, -0.05) is 6.07 Å². The minimum atomic E-state index is 0.396. The number of anilines is 1. The summed E-state index contributed by atoms with van der Waals surface area (Å²) in [5.41, 5.74) is 9.37. The van der Waals surface area contributed by atoms with Crippen LogP contribution in [0.5, 0.6) is 0 Å². The van der Waals surface area contributed by atoms with Crippen LogP contribution in [-0.2, 0) is 0 Å². The van der Waals surface area contributed by atoms with E-state index < -0.39 is 0 Å². The number of nitrogens with two attached hydrogens (primary N) is 1. The highest BCUT2D eigenvalue weighted by molar-refractivity contribution is 5.97. The van der Waals surface area contributed by atoms with Gasteiger partial charge in [0.15, 0.2) is 5.84 Å². The molecule has 0 aliphatic carbocycles. The van der Waals surface area contributed by atoms with E-state index in [2.05, 4.69) is 20.5 Å². The summed E-state index contributed by atoms with van der Waals surface area (Å²) in [4.78, 5) is 7.96. The van der Waals surface area contributed by atoms with E-state index in [1.807, 2.05) is 18.2 Å². The molecule has 0 radical (unpaired) electrons. The monoisotopic (exact) mass is 213 g/mol. The average Bonchev–Trinajstić information content (AvgIpc) is 2.38. The van der Waals surface area contributed by atoms with E-state index >= 15 is 0 Å². The molecule has 16 heavy (non-hydrogen) atoms. The molecule has 0 aliphatic heterocycles. The van der Waals surface area contributed by atoms with Crippen molar-refractivity contribution in [2.75, 3.05) is 5.43 Å². The number of nitrogens with one attached hydrogen (secondary N) is 1. The van der Waals surface area contributed by atoms with Crippen molar-refractivity contribution in [1.82, 2.24) is 9.97 Å². The molecule has 2 aromatic heterocycles. The lowest BCUT2D eigenvalue weighted by Gasteiger charge is -2.01. The molecule has 2 heterocycles. The summed E-state index contributed by atoms with van der Waals surface area (Å²) >= 11 is 0. The Morgan fingerprint density at radius 3 is 2.62 bits per heavy atom. The molecule has 0 bridgehead atoms. The number of hydrogen-bond acceptors (Lipinski definition) is 4. The molecule has 0 unspecified atom stereocenters. The van der Waals surface area contributed by atoms with Gasteiger partial charge in [0.25, 0.3) is 0 Å². The third kappa shape index (κ3) is 2.54. The van der Waals surface area contributed by atoms with Crippen LogP contribution in [0.15, 0.2) is 54.0 Å². The Morgan fingerprint density at radius 2 is 1.94 bits per heavy atom. The first kappa shape index (κ1) is 10.1.